The number of hydrogen-bond acceptors (Lipinski definition) is 3. The second-order valence-electron chi connectivity index (χ2n) is 7.89. The molecule has 5 heteroatoms. The van der Waals surface area contributed by atoms with E-state index in [4.69, 9.17) is 4.98 Å². The van der Waals surface area contributed by atoms with E-state index < -0.39 is 0 Å². The number of H-pyrrole nitrogens is 1. The van der Waals surface area contributed by atoms with E-state index >= 15 is 0 Å². The van der Waals surface area contributed by atoms with E-state index in [9.17, 15) is 4.79 Å². The number of aromatic amines is 1. The average molecular weight is 405 g/mol. The molecule has 0 fully saturated rings. The second kappa shape index (κ2) is 7.93. The summed E-state index contributed by atoms with van der Waals surface area (Å²) in [5, 5.41) is 0.705. The molecule has 0 radical (unpaired) electrons. The Labute approximate surface area is 174 Å². The van der Waals surface area contributed by atoms with Crippen molar-refractivity contribution in [1.29, 1.82) is 0 Å². The van der Waals surface area contributed by atoms with E-state index in [1.165, 1.54) is 21.6 Å². The van der Waals surface area contributed by atoms with Gasteiger partial charge < -0.3 is 9.88 Å². The summed E-state index contributed by atoms with van der Waals surface area (Å²) in [7, 11) is 2.13. The van der Waals surface area contributed by atoms with Crippen molar-refractivity contribution in [2.45, 2.75) is 33.9 Å². The van der Waals surface area contributed by atoms with E-state index in [-0.39, 0.29) is 5.56 Å². The van der Waals surface area contributed by atoms with Crippen LogP contribution in [0.5, 0.6) is 0 Å². The average Bonchev–Trinajstić information content (AvgIpc) is 3.00. The predicted molar refractivity (Wildman–Crippen MR) is 121 cm³/mol. The summed E-state index contributed by atoms with van der Waals surface area (Å²) in [6.45, 7) is 7.79. The van der Waals surface area contributed by atoms with Crippen LogP contribution in [-0.4, -0.2) is 17.0 Å². The Kier molecular flexibility index (Phi) is 5.35. The topological polar surface area (TPSA) is 50.2 Å². The highest BCUT2D eigenvalue weighted by molar-refractivity contribution is 7.19. The monoisotopic (exact) mass is 404 g/mol. The summed E-state index contributed by atoms with van der Waals surface area (Å²) < 4.78 is 0. The Bertz CT molecular complexity index is 1200. The molecule has 0 aliphatic rings. The summed E-state index contributed by atoms with van der Waals surface area (Å²) in [5.74, 6) is 0.740. The van der Waals surface area contributed by atoms with Crippen LogP contribution in [0.4, 0.5) is 0 Å². The number of quaternary nitrogens is 1. The highest BCUT2D eigenvalue weighted by Gasteiger charge is 2.18. The van der Waals surface area contributed by atoms with Crippen LogP contribution in [0.2, 0.25) is 0 Å². The molecule has 1 unspecified atom stereocenters. The van der Waals surface area contributed by atoms with E-state index in [1.807, 2.05) is 0 Å². The van der Waals surface area contributed by atoms with Crippen LogP contribution in [0, 0.1) is 20.8 Å². The van der Waals surface area contributed by atoms with Gasteiger partial charge in [-0.05, 0) is 26.3 Å². The predicted octanol–water partition coefficient (Wildman–Crippen LogP) is 3.79. The summed E-state index contributed by atoms with van der Waals surface area (Å²) in [6.07, 6.45) is 0. The number of hydrogen-bond donors (Lipinski definition) is 2. The number of nitrogens with zero attached hydrogens (tertiary/aromatic N) is 1. The Morgan fingerprint density at radius 3 is 2.21 bits per heavy atom. The van der Waals surface area contributed by atoms with Gasteiger partial charge in [-0.3, -0.25) is 4.79 Å². The number of thiophene rings is 1. The minimum absolute atomic E-state index is 0.0481. The maximum atomic E-state index is 13.0. The fourth-order valence-electron chi connectivity index (χ4n) is 3.72. The molecule has 0 saturated carbocycles. The molecule has 0 saturated heterocycles. The number of aromatic nitrogens is 2. The molecule has 0 aliphatic heterocycles. The zero-order valence-corrected chi connectivity index (χ0v) is 18.1. The molecule has 0 bridgehead atoms. The van der Waals surface area contributed by atoms with E-state index in [1.54, 1.807) is 11.3 Å². The largest absolute Gasteiger partial charge is 0.327 e. The molecular formula is C24H26N3OS+. The van der Waals surface area contributed by atoms with Gasteiger partial charge in [-0.1, -0.05) is 59.7 Å². The molecule has 29 heavy (non-hydrogen) atoms. The van der Waals surface area contributed by atoms with Crippen molar-refractivity contribution in [2.75, 3.05) is 7.05 Å². The maximum Gasteiger partial charge on any atom is 0.260 e. The molecule has 0 aliphatic carbocycles. The van der Waals surface area contributed by atoms with E-state index in [2.05, 4.69) is 81.3 Å². The Hall–Kier alpha value is -2.76. The molecule has 0 amide bonds. The van der Waals surface area contributed by atoms with E-state index in [0.29, 0.717) is 11.9 Å². The quantitative estimate of drug-likeness (QED) is 0.532. The third-order valence-electron chi connectivity index (χ3n) is 5.22. The Morgan fingerprint density at radius 2 is 1.55 bits per heavy atom. The SMILES string of the molecule is Cc1ccc(C[NH+](C)Cc2nc3sc(C)c(-c4ccc(C)cc4)c3c(=O)[nH]2)cc1. The minimum atomic E-state index is -0.0481. The van der Waals surface area contributed by atoms with Crippen LogP contribution in [-0.2, 0) is 13.1 Å². The van der Waals surface area contributed by atoms with Gasteiger partial charge in [0.1, 0.15) is 17.9 Å². The normalized spacial score (nSPS) is 12.4. The number of benzene rings is 2. The fraction of sp³-hybridized carbons (Fsp3) is 0.250. The molecule has 2 N–H and O–H groups in total. The van der Waals surface area contributed by atoms with E-state index in [0.717, 1.165) is 33.2 Å². The number of fused-ring (bicyclic) bond motifs is 1. The fourth-order valence-corrected chi connectivity index (χ4v) is 4.78. The molecule has 148 valence electrons. The van der Waals surface area contributed by atoms with Crippen molar-refractivity contribution in [3.8, 4) is 11.1 Å². The van der Waals surface area contributed by atoms with Crippen molar-refractivity contribution in [2.24, 2.45) is 0 Å². The van der Waals surface area contributed by atoms with Gasteiger partial charge >= 0.3 is 0 Å². The zero-order chi connectivity index (χ0) is 20.5. The van der Waals surface area contributed by atoms with Crippen molar-refractivity contribution in [1.82, 2.24) is 9.97 Å². The summed E-state index contributed by atoms with van der Waals surface area (Å²) in [6, 6.07) is 16.9. The maximum absolute atomic E-state index is 13.0. The first-order chi connectivity index (χ1) is 13.9. The molecule has 2 aromatic heterocycles. The lowest BCUT2D eigenvalue weighted by Gasteiger charge is -2.13. The first-order valence-corrected chi connectivity index (χ1v) is 10.7. The third-order valence-corrected chi connectivity index (χ3v) is 6.22. The van der Waals surface area contributed by atoms with Crippen molar-refractivity contribution in [3.63, 3.8) is 0 Å². The molecule has 1 atom stereocenters. The van der Waals surface area contributed by atoms with Crippen LogP contribution in [0.15, 0.2) is 53.3 Å². The van der Waals surface area contributed by atoms with Crippen LogP contribution < -0.4 is 10.5 Å². The Morgan fingerprint density at radius 1 is 0.931 bits per heavy atom. The third kappa shape index (κ3) is 4.16. The smallest absolute Gasteiger partial charge is 0.260 e. The van der Waals surface area contributed by atoms with Gasteiger partial charge in [-0.15, -0.1) is 11.3 Å². The Balaban J connectivity index is 1.63. The van der Waals surface area contributed by atoms with Crippen LogP contribution in [0.1, 0.15) is 27.4 Å². The zero-order valence-electron chi connectivity index (χ0n) is 17.3. The molecule has 4 aromatic rings. The molecule has 4 rings (SSSR count). The van der Waals surface area contributed by atoms with Gasteiger partial charge in [-0.2, -0.15) is 0 Å². The van der Waals surface area contributed by atoms with Gasteiger partial charge in [0, 0.05) is 16.0 Å². The number of rotatable bonds is 5. The van der Waals surface area contributed by atoms with Gasteiger partial charge in [0.15, 0.2) is 5.82 Å². The second-order valence-corrected chi connectivity index (χ2v) is 9.09. The molecule has 2 heterocycles. The lowest BCUT2D eigenvalue weighted by molar-refractivity contribution is -0.908. The summed E-state index contributed by atoms with van der Waals surface area (Å²) in [4.78, 5) is 24.0. The summed E-state index contributed by atoms with van der Waals surface area (Å²) >= 11 is 1.60. The van der Waals surface area contributed by atoms with Crippen LogP contribution in [0.3, 0.4) is 0 Å². The van der Waals surface area contributed by atoms with Crippen molar-refractivity contribution < 1.29 is 4.90 Å². The number of nitrogens with one attached hydrogen (secondary N) is 2. The van der Waals surface area contributed by atoms with Crippen molar-refractivity contribution >= 4 is 21.6 Å². The van der Waals surface area contributed by atoms with Gasteiger partial charge in [0.25, 0.3) is 5.56 Å². The first kappa shape index (κ1) is 19.6. The molecular weight excluding hydrogens is 378 g/mol. The van der Waals surface area contributed by atoms with Crippen LogP contribution in [0.25, 0.3) is 21.3 Å². The number of aryl methyl sites for hydroxylation is 3. The lowest BCUT2D eigenvalue weighted by atomic mass is 10.0. The summed E-state index contributed by atoms with van der Waals surface area (Å²) in [5.41, 5.74) is 5.78. The first-order valence-electron chi connectivity index (χ1n) is 9.87. The minimum Gasteiger partial charge on any atom is -0.327 e. The van der Waals surface area contributed by atoms with Gasteiger partial charge in [0.05, 0.1) is 12.4 Å². The van der Waals surface area contributed by atoms with Gasteiger partial charge in [0.2, 0.25) is 0 Å². The lowest BCUT2D eigenvalue weighted by Crippen LogP contribution is -3.06. The molecule has 2 aromatic carbocycles. The van der Waals surface area contributed by atoms with Gasteiger partial charge in [-0.25, -0.2) is 4.98 Å². The molecule has 4 nitrogen and oxygen atoms in total. The highest BCUT2D eigenvalue weighted by atomic mass is 32.1. The highest BCUT2D eigenvalue weighted by Crippen LogP contribution is 2.35. The molecule has 0 spiro atoms. The van der Waals surface area contributed by atoms with Crippen LogP contribution >= 0.6 is 11.3 Å². The standard InChI is InChI=1S/C24H25N3OS/c1-15-5-9-18(10-6-15)13-27(4)14-20-25-23(28)22-21(17(3)29-24(22)26-20)19-11-7-16(2)8-12-19/h5-12H,13-14H2,1-4H3,(H,25,26,28)/p+1. The van der Waals surface area contributed by atoms with Crippen molar-refractivity contribution in [3.05, 3.63) is 86.3 Å².